The van der Waals surface area contributed by atoms with Gasteiger partial charge in [-0.25, -0.2) is 4.99 Å². The van der Waals surface area contributed by atoms with Crippen molar-refractivity contribution in [1.29, 1.82) is 0 Å². The second-order valence-corrected chi connectivity index (χ2v) is 8.17. The number of H-pyrrole nitrogens is 1. The summed E-state index contributed by atoms with van der Waals surface area (Å²) >= 11 is 6.04. The summed E-state index contributed by atoms with van der Waals surface area (Å²) in [6, 6.07) is 5.42. The molecular weight excluding hydrogens is 390 g/mol. The molecule has 0 fully saturated rings. The molecule has 9 heteroatoms. The molecule has 0 aliphatic carbocycles. The molecule has 0 radical (unpaired) electrons. The van der Waals surface area contributed by atoms with Crippen LogP contribution in [0.5, 0.6) is 0 Å². The Bertz CT molecular complexity index is 1080. The van der Waals surface area contributed by atoms with E-state index in [1.807, 2.05) is 6.07 Å². The lowest BCUT2D eigenvalue weighted by molar-refractivity contribution is 0.202. The molecule has 3 rings (SSSR count). The topological polar surface area (TPSA) is 117 Å². The quantitative estimate of drug-likeness (QED) is 0.456. The molecule has 29 heavy (non-hydrogen) atoms. The number of aliphatic hydroxyl groups is 1. The third-order valence-electron chi connectivity index (χ3n) is 4.51. The van der Waals surface area contributed by atoms with Gasteiger partial charge in [0.25, 0.3) is 0 Å². The van der Waals surface area contributed by atoms with E-state index in [9.17, 15) is 5.11 Å². The van der Waals surface area contributed by atoms with Gasteiger partial charge >= 0.3 is 0 Å². The molecule has 2 heterocycles. The number of aromatic nitrogens is 4. The molecule has 0 aliphatic rings. The monoisotopic (exact) mass is 417 g/mol. The average Bonchev–Trinajstić information content (AvgIpc) is 3.08. The third kappa shape index (κ3) is 4.38. The van der Waals surface area contributed by atoms with Gasteiger partial charge in [-0.2, -0.15) is 10.1 Å². The summed E-state index contributed by atoms with van der Waals surface area (Å²) in [5, 5.41) is 21.2. The number of nitrogens with two attached hydrogens (primary N) is 1. The van der Waals surface area contributed by atoms with Gasteiger partial charge in [-0.3, -0.25) is 5.10 Å². The lowest BCUT2D eigenvalue weighted by atomic mass is 10.1. The minimum Gasteiger partial charge on any atom is -0.397 e. The molecule has 156 valence electrons. The summed E-state index contributed by atoms with van der Waals surface area (Å²) in [7, 11) is 0. The summed E-state index contributed by atoms with van der Waals surface area (Å²) in [5.74, 6) is 0.794. The van der Waals surface area contributed by atoms with E-state index in [0.717, 1.165) is 16.9 Å². The van der Waals surface area contributed by atoms with E-state index in [-0.39, 0.29) is 18.5 Å². The van der Waals surface area contributed by atoms with Crippen molar-refractivity contribution in [2.24, 2.45) is 4.99 Å². The second kappa shape index (κ2) is 8.42. The molecule has 1 atom stereocenters. The van der Waals surface area contributed by atoms with Crippen molar-refractivity contribution in [2.45, 2.75) is 52.7 Å². The molecule has 2 aromatic heterocycles. The Labute approximate surface area is 174 Å². The number of nitrogens with zero attached hydrogens (tertiary/aromatic N) is 4. The normalized spacial score (nSPS) is 13.6. The molecular formula is C20H28ClN7O. The van der Waals surface area contributed by atoms with Crippen molar-refractivity contribution in [3.05, 3.63) is 34.5 Å². The number of anilines is 3. The van der Waals surface area contributed by atoms with Crippen LogP contribution in [0.1, 0.15) is 52.3 Å². The van der Waals surface area contributed by atoms with Crippen LogP contribution in [-0.2, 0) is 0 Å². The number of aromatic amines is 1. The molecule has 0 amide bonds. The number of benzene rings is 1. The smallest absolute Gasteiger partial charge is 0.227 e. The first-order chi connectivity index (χ1) is 13.7. The van der Waals surface area contributed by atoms with Gasteiger partial charge in [-0.15, -0.1) is 0 Å². The van der Waals surface area contributed by atoms with E-state index in [1.54, 1.807) is 19.1 Å². The molecule has 0 bridgehead atoms. The predicted molar refractivity (Wildman–Crippen MR) is 118 cm³/mol. The fourth-order valence-corrected chi connectivity index (χ4v) is 3.25. The van der Waals surface area contributed by atoms with Gasteiger partial charge in [-0.1, -0.05) is 25.4 Å². The standard InChI is InChI=1S/C20H28ClN7O/c1-10(2)16-18-17(27-26-16)19(24-13-6-7-14(21)15(22)8-13)25-20(23-9-12(5)29)28(18)11(3)4/h6-8,10-12,29H,9,22H2,1-5H3,(H,26,27)(H,23,24,25). The van der Waals surface area contributed by atoms with Gasteiger partial charge in [0.15, 0.2) is 11.3 Å². The molecule has 3 aromatic rings. The van der Waals surface area contributed by atoms with Crippen molar-refractivity contribution < 1.29 is 5.11 Å². The lowest BCUT2D eigenvalue weighted by Crippen LogP contribution is -2.29. The highest BCUT2D eigenvalue weighted by Crippen LogP contribution is 2.30. The summed E-state index contributed by atoms with van der Waals surface area (Å²) < 4.78 is 2.05. The summed E-state index contributed by atoms with van der Waals surface area (Å²) in [6.45, 7) is 10.3. The highest BCUT2D eigenvalue weighted by atomic mass is 35.5. The summed E-state index contributed by atoms with van der Waals surface area (Å²) in [4.78, 5) is 9.30. The van der Waals surface area contributed by atoms with Crippen molar-refractivity contribution in [3.8, 4) is 0 Å². The van der Waals surface area contributed by atoms with E-state index < -0.39 is 6.10 Å². The zero-order valence-electron chi connectivity index (χ0n) is 17.4. The number of rotatable bonds is 6. The molecule has 0 saturated heterocycles. The fraction of sp³-hybridized carbons (Fsp3) is 0.450. The van der Waals surface area contributed by atoms with Crippen LogP contribution in [0.15, 0.2) is 23.2 Å². The first-order valence-electron chi connectivity index (χ1n) is 9.70. The Kier molecular flexibility index (Phi) is 6.14. The maximum Gasteiger partial charge on any atom is 0.227 e. The van der Waals surface area contributed by atoms with Crippen LogP contribution in [0, 0.1) is 0 Å². The predicted octanol–water partition coefficient (Wildman–Crippen LogP) is 3.72. The number of nitrogens with one attached hydrogen (secondary N) is 2. The number of hydrogen-bond acceptors (Lipinski definition) is 6. The minimum atomic E-state index is -0.561. The van der Waals surface area contributed by atoms with Gasteiger partial charge in [0.2, 0.25) is 5.62 Å². The second-order valence-electron chi connectivity index (χ2n) is 7.76. The van der Waals surface area contributed by atoms with E-state index >= 15 is 0 Å². The van der Waals surface area contributed by atoms with Crippen LogP contribution in [0.4, 0.5) is 17.2 Å². The van der Waals surface area contributed by atoms with E-state index in [2.05, 4.69) is 52.8 Å². The van der Waals surface area contributed by atoms with Gasteiger partial charge in [0.1, 0.15) is 0 Å². The Balaban J connectivity index is 2.28. The van der Waals surface area contributed by atoms with Crippen LogP contribution < -0.4 is 16.7 Å². The Morgan fingerprint density at radius 3 is 2.59 bits per heavy atom. The number of fused-ring (bicyclic) bond motifs is 1. The Morgan fingerprint density at radius 1 is 1.28 bits per heavy atom. The molecule has 0 spiro atoms. The molecule has 8 nitrogen and oxygen atoms in total. The van der Waals surface area contributed by atoms with Crippen molar-refractivity contribution in [1.82, 2.24) is 19.7 Å². The third-order valence-corrected chi connectivity index (χ3v) is 4.85. The molecule has 0 saturated carbocycles. The number of hydrogen-bond donors (Lipinski definition) is 4. The molecule has 1 unspecified atom stereocenters. The molecule has 0 aliphatic heterocycles. The number of halogens is 1. The van der Waals surface area contributed by atoms with Crippen LogP contribution in [0.3, 0.4) is 0 Å². The van der Waals surface area contributed by atoms with Crippen LogP contribution >= 0.6 is 11.6 Å². The highest BCUT2D eigenvalue weighted by molar-refractivity contribution is 6.33. The maximum atomic E-state index is 9.73. The molecule has 1 aromatic carbocycles. The lowest BCUT2D eigenvalue weighted by Gasteiger charge is -2.17. The van der Waals surface area contributed by atoms with Crippen LogP contribution in [0.2, 0.25) is 5.02 Å². The minimum absolute atomic E-state index is 0.105. The SMILES string of the molecule is CC(O)CN=c1nc(Nc2ccc(Cl)c(N)c2)c2n[nH]c(C(C)C)c2n1C(C)C. The zero-order chi connectivity index (χ0) is 21.3. The largest absolute Gasteiger partial charge is 0.397 e. The van der Waals surface area contributed by atoms with Gasteiger partial charge in [0, 0.05) is 11.7 Å². The van der Waals surface area contributed by atoms with Crippen LogP contribution in [-0.4, -0.2) is 37.5 Å². The van der Waals surface area contributed by atoms with Gasteiger partial charge in [0.05, 0.1) is 34.6 Å². The van der Waals surface area contributed by atoms with Crippen LogP contribution in [0.25, 0.3) is 11.0 Å². The Morgan fingerprint density at radius 2 is 2.00 bits per heavy atom. The number of nitrogen functional groups attached to an aromatic ring is 1. The van der Waals surface area contributed by atoms with Crippen molar-refractivity contribution in [3.63, 3.8) is 0 Å². The maximum absolute atomic E-state index is 9.73. The van der Waals surface area contributed by atoms with Gasteiger partial charge < -0.3 is 20.7 Å². The van der Waals surface area contributed by atoms with Crippen molar-refractivity contribution >= 4 is 39.8 Å². The number of aliphatic hydroxyl groups excluding tert-OH is 1. The first kappa shape index (κ1) is 21.1. The van der Waals surface area contributed by atoms with E-state index in [1.165, 1.54) is 0 Å². The van der Waals surface area contributed by atoms with E-state index in [4.69, 9.17) is 22.3 Å². The highest BCUT2D eigenvalue weighted by Gasteiger charge is 2.20. The Hall–Kier alpha value is -2.58. The van der Waals surface area contributed by atoms with Gasteiger partial charge in [-0.05, 0) is 44.9 Å². The molecule has 5 N–H and O–H groups in total. The zero-order valence-corrected chi connectivity index (χ0v) is 18.1. The van der Waals surface area contributed by atoms with Crippen molar-refractivity contribution in [2.75, 3.05) is 17.6 Å². The van der Waals surface area contributed by atoms with E-state index in [0.29, 0.717) is 27.7 Å². The first-order valence-corrected chi connectivity index (χ1v) is 10.1. The summed E-state index contributed by atoms with van der Waals surface area (Å²) in [5.41, 5.74) is 10.4. The average molecular weight is 418 g/mol. The summed E-state index contributed by atoms with van der Waals surface area (Å²) in [6.07, 6.45) is -0.561. The fourth-order valence-electron chi connectivity index (χ4n) is 3.13.